The number of hydrogen-bond donors (Lipinski definition) is 2. The summed E-state index contributed by atoms with van der Waals surface area (Å²) in [6.07, 6.45) is 8.16. The maximum Gasteiger partial charge on any atom is 0.271 e. The molecule has 2 heterocycles. The molecular weight excluding hydrogens is 216 g/mol. The lowest BCUT2D eigenvalue weighted by Gasteiger charge is -2.23. The van der Waals surface area contributed by atoms with Crippen LogP contribution in [0.4, 0.5) is 0 Å². The summed E-state index contributed by atoms with van der Waals surface area (Å²) in [4.78, 5) is 15.7. The van der Waals surface area contributed by atoms with E-state index in [0.29, 0.717) is 18.3 Å². The predicted octanol–water partition coefficient (Wildman–Crippen LogP) is 0.682. The number of hydrogen-bond acceptors (Lipinski definition) is 3. The third-order valence-corrected chi connectivity index (χ3v) is 3.13. The molecule has 1 unspecified atom stereocenters. The van der Waals surface area contributed by atoms with Gasteiger partial charge in [-0.15, -0.1) is 0 Å². The van der Waals surface area contributed by atoms with E-state index in [-0.39, 0.29) is 5.91 Å². The number of rotatable bonds is 4. The van der Waals surface area contributed by atoms with Crippen molar-refractivity contribution in [2.24, 2.45) is 7.05 Å². The van der Waals surface area contributed by atoms with Crippen LogP contribution in [0.25, 0.3) is 0 Å². The quantitative estimate of drug-likeness (QED) is 0.808. The Hall–Kier alpha value is -1.36. The first-order valence-corrected chi connectivity index (χ1v) is 6.25. The number of aryl methyl sites for hydroxylation is 1. The average molecular weight is 236 g/mol. The second kappa shape index (κ2) is 5.82. The SMILES string of the molecule is Cn1cnc(C(=O)NCCC2CCCCN2)c1. The average Bonchev–Trinajstić information content (AvgIpc) is 2.77. The van der Waals surface area contributed by atoms with Crippen LogP contribution in [0, 0.1) is 0 Å². The summed E-state index contributed by atoms with van der Waals surface area (Å²) in [7, 11) is 1.86. The molecule has 1 aliphatic rings. The molecule has 0 spiro atoms. The predicted molar refractivity (Wildman–Crippen MR) is 65.8 cm³/mol. The highest BCUT2D eigenvalue weighted by atomic mass is 16.1. The molecule has 2 rings (SSSR count). The van der Waals surface area contributed by atoms with Crippen LogP contribution in [0.5, 0.6) is 0 Å². The van der Waals surface area contributed by atoms with Gasteiger partial charge in [-0.1, -0.05) is 6.42 Å². The van der Waals surface area contributed by atoms with Crippen LogP contribution in [-0.2, 0) is 7.05 Å². The van der Waals surface area contributed by atoms with Gasteiger partial charge in [-0.2, -0.15) is 0 Å². The fourth-order valence-corrected chi connectivity index (χ4v) is 2.15. The number of carbonyl (C=O) groups is 1. The first-order chi connectivity index (χ1) is 8.25. The van der Waals surface area contributed by atoms with Gasteiger partial charge >= 0.3 is 0 Å². The van der Waals surface area contributed by atoms with Gasteiger partial charge in [-0.05, 0) is 25.8 Å². The number of piperidine rings is 1. The Morgan fingerprint density at radius 2 is 2.53 bits per heavy atom. The first kappa shape index (κ1) is 12.1. The molecule has 0 radical (unpaired) electrons. The molecule has 1 aliphatic heterocycles. The van der Waals surface area contributed by atoms with E-state index in [1.807, 2.05) is 7.05 Å². The van der Waals surface area contributed by atoms with Crippen LogP contribution in [0.1, 0.15) is 36.2 Å². The Balaban J connectivity index is 1.69. The zero-order chi connectivity index (χ0) is 12.1. The van der Waals surface area contributed by atoms with E-state index in [2.05, 4.69) is 15.6 Å². The molecule has 1 saturated heterocycles. The molecule has 5 nitrogen and oxygen atoms in total. The van der Waals surface area contributed by atoms with E-state index in [1.165, 1.54) is 19.3 Å². The van der Waals surface area contributed by atoms with Crippen molar-refractivity contribution in [2.45, 2.75) is 31.7 Å². The van der Waals surface area contributed by atoms with E-state index in [0.717, 1.165) is 13.0 Å². The Morgan fingerprint density at radius 1 is 1.65 bits per heavy atom. The molecule has 94 valence electrons. The van der Waals surface area contributed by atoms with Crippen LogP contribution < -0.4 is 10.6 Å². The molecule has 0 aromatic carbocycles. The minimum atomic E-state index is -0.0820. The van der Waals surface area contributed by atoms with Crippen molar-refractivity contribution in [3.05, 3.63) is 18.2 Å². The van der Waals surface area contributed by atoms with Gasteiger partial charge in [0, 0.05) is 25.8 Å². The third kappa shape index (κ3) is 3.56. The number of nitrogens with one attached hydrogen (secondary N) is 2. The fourth-order valence-electron chi connectivity index (χ4n) is 2.15. The first-order valence-electron chi connectivity index (χ1n) is 6.25. The molecular formula is C12H20N4O. The van der Waals surface area contributed by atoms with Gasteiger partial charge in [0.1, 0.15) is 5.69 Å². The van der Waals surface area contributed by atoms with Gasteiger partial charge in [0.05, 0.1) is 6.33 Å². The van der Waals surface area contributed by atoms with Gasteiger partial charge in [0.2, 0.25) is 0 Å². The van der Waals surface area contributed by atoms with Crippen molar-refractivity contribution in [1.29, 1.82) is 0 Å². The molecule has 2 N–H and O–H groups in total. The van der Waals surface area contributed by atoms with Crippen LogP contribution in [-0.4, -0.2) is 34.6 Å². The zero-order valence-electron chi connectivity index (χ0n) is 10.3. The van der Waals surface area contributed by atoms with Crippen molar-refractivity contribution < 1.29 is 4.79 Å². The Bertz CT molecular complexity index is 368. The number of aromatic nitrogens is 2. The Kier molecular flexibility index (Phi) is 4.14. The largest absolute Gasteiger partial charge is 0.351 e. The highest BCUT2D eigenvalue weighted by Crippen LogP contribution is 2.09. The van der Waals surface area contributed by atoms with Gasteiger partial charge in [0.15, 0.2) is 0 Å². The van der Waals surface area contributed by atoms with Crippen LogP contribution in [0.2, 0.25) is 0 Å². The molecule has 5 heteroatoms. The summed E-state index contributed by atoms with van der Waals surface area (Å²) in [5.74, 6) is -0.0820. The monoisotopic (exact) mass is 236 g/mol. The molecule has 0 aliphatic carbocycles. The van der Waals surface area contributed by atoms with Gasteiger partial charge in [-0.3, -0.25) is 4.79 Å². The third-order valence-electron chi connectivity index (χ3n) is 3.13. The number of amides is 1. The molecule has 0 saturated carbocycles. The lowest BCUT2D eigenvalue weighted by Crippen LogP contribution is -2.37. The van der Waals surface area contributed by atoms with Crippen molar-refractivity contribution in [1.82, 2.24) is 20.2 Å². The summed E-state index contributed by atoms with van der Waals surface area (Å²) in [6, 6.07) is 0.563. The van der Waals surface area contributed by atoms with Crippen LogP contribution >= 0.6 is 0 Å². The minimum absolute atomic E-state index is 0.0820. The molecule has 1 fully saturated rings. The molecule has 1 aromatic heterocycles. The summed E-state index contributed by atoms with van der Waals surface area (Å²) < 4.78 is 1.78. The second-order valence-electron chi connectivity index (χ2n) is 4.62. The standard InChI is InChI=1S/C12H20N4O/c1-16-8-11(15-9-16)12(17)14-7-5-10-4-2-3-6-13-10/h8-10,13H,2-7H2,1H3,(H,14,17). The lowest BCUT2D eigenvalue weighted by molar-refractivity contribution is 0.0947. The van der Waals surface area contributed by atoms with Gasteiger partial charge < -0.3 is 15.2 Å². The summed E-state index contributed by atoms with van der Waals surface area (Å²) in [5.41, 5.74) is 0.490. The molecule has 1 atom stereocenters. The van der Waals surface area contributed by atoms with Gasteiger partial charge in [-0.25, -0.2) is 4.98 Å². The molecule has 0 bridgehead atoms. The van der Waals surface area contributed by atoms with E-state index in [9.17, 15) is 4.79 Å². The van der Waals surface area contributed by atoms with E-state index in [1.54, 1.807) is 17.1 Å². The normalized spacial score (nSPS) is 20.2. The topological polar surface area (TPSA) is 59.0 Å². The lowest BCUT2D eigenvalue weighted by atomic mass is 10.0. The van der Waals surface area contributed by atoms with Crippen molar-refractivity contribution in [3.63, 3.8) is 0 Å². The van der Waals surface area contributed by atoms with E-state index < -0.39 is 0 Å². The molecule has 17 heavy (non-hydrogen) atoms. The second-order valence-corrected chi connectivity index (χ2v) is 4.62. The Labute approximate surface area is 102 Å². The van der Waals surface area contributed by atoms with Gasteiger partial charge in [0.25, 0.3) is 5.91 Å². The Morgan fingerprint density at radius 3 is 3.18 bits per heavy atom. The summed E-state index contributed by atoms with van der Waals surface area (Å²) >= 11 is 0. The van der Waals surface area contributed by atoms with E-state index >= 15 is 0 Å². The highest BCUT2D eigenvalue weighted by Gasteiger charge is 2.13. The smallest absolute Gasteiger partial charge is 0.271 e. The highest BCUT2D eigenvalue weighted by molar-refractivity contribution is 5.91. The number of nitrogens with zero attached hydrogens (tertiary/aromatic N) is 2. The van der Waals surface area contributed by atoms with Crippen molar-refractivity contribution >= 4 is 5.91 Å². The van der Waals surface area contributed by atoms with Crippen LogP contribution in [0.15, 0.2) is 12.5 Å². The number of carbonyl (C=O) groups excluding carboxylic acids is 1. The fraction of sp³-hybridized carbons (Fsp3) is 0.667. The van der Waals surface area contributed by atoms with Crippen molar-refractivity contribution in [3.8, 4) is 0 Å². The maximum atomic E-state index is 11.7. The van der Waals surface area contributed by atoms with Crippen LogP contribution in [0.3, 0.4) is 0 Å². The zero-order valence-corrected chi connectivity index (χ0v) is 10.3. The van der Waals surface area contributed by atoms with E-state index in [4.69, 9.17) is 0 Å². The maximum absolute atomic E-state index is 11.7. The summed E-state index contributed by atoms with van der Waals surface area (Å²) in [5, 5.41) is 6.37. The number of imidazole rings is 1. The van der Waals surface area contributed by atoms with Crippen molar-refractivity contribution in [2.75, 3.05) is 13.1 Å². The molecule has 1 amide bonds. The minimum Gasteiger partial charge on any atom is -0.351 e. The molecule has 1 aromatic rings. The summed E-state index contributed by atoms with van der Waals surface area (Å²) in [6.45, 7) is 1.83.